The maximum atomic E-state index is 15.1. The van der Waals surface area contributed by atoms with Crippen LogP contribution in [0.3, 0.4) is 0 Å². The Hall–Kier alpha value is -3.90. The number of aromatic nitrogens is 2. The topological polar surface area (TPSA) is 171 Å². The van der Waals surface area contributed by atoms with E-state index in [9.17, 15) is 23.1 Å². The van der Waals surface area contributed by atoms with E-state index in [4.69, 9.17) is 17.3 Å². The molecule has 0 saturated carbocycles. The zero-order valence-corrected chi connectivity index (χ0v) is 32.6. The van der Waals surface area contributed by atoms with Crippen LogP contribution in [0.25, 0.3) is 0 Å². The summed E-state index contributed by atoms with van der Waals surface area (Å²) in [6, 6.07) is 17.7. The molecule has 52 heavy (non-hydrogen) atoms. The maximum Gasteiger partial charge on any atom is 0.332 e. The van der Waals surface area contributed by atoms with Crippen LogP contribution in [0.1, 0.15) is 98.0 Å². The van der Waals surface area contributed by atoms with Gasteiger partial charge in [-0.05, 0) is 49.8 Å². The van der Waals surface area contributed by atoms with Gasteiger partial charge in [0, 0.05) is 11.1 Å². The van der Waals surface area contributed by atoms with Crippen molar-refractivity contribution in [1.82, 2.24) is 9.13 Å². The first-order chi connectivity index (χ1) is 24.5. The van der Waals surface area contributed by atoms with Crippen molar-refractivity contribution >= 4 is 44.7 Å². The highest BCUT2D eigenvalue weighted by atomic mass is 35.5. The van der Waals surface area contributed by atoms with Gasteiger partial charge in [-0.25, -0.2) is 13.2 Å². The van der Waals surface area contributed by atoms with Gasteiger partial charge in [-0.1, -0.05) is 115 Å². The number of Topliss-reactive ketones (excluding diaryl/α,β-unsaturated/α-hetero) is 1. The largest absolute Gasteiger partial charge is 0.493 e. The molecule has 3 rings (SSSR count). The first-order valence-corrected chi connectivity index (χ1v) is 20.3. The number of primary amides is 1. The average Bonchev–Trinajstić information content (AvgIpc) is 3.38. The second-order valence-corrected chi connectivity index (χ2v) is 17.6. The maximum absolute atomic E-state index is 15.1. The lowest BCUT2D eigenvalue weighted by Crippen LogP contribution is -2.62. The molecule has 0 spiro atoms. The first kappa shape index (κ1) is 42.5. The quantitative estimate of drug-likeness (QED) is 0.0642. The minimum atomic E-state index is -3.82. The number of aromatic hydroxyl groups is 1. The Morgan fingerprint density at radius 3 is 2.02 bits per heavy atom. The molecule has 0 saturated heterocycles. The van der Waals surface area contributed by atoms with Crippen molar-refractivity contribution in [2.24, 2.45) is 17.1 Å². The molecule has 4 N–H and O–H groups in total. The van der Waals surface area contributed by atoms with Gasteiger partial charge in [0.05, 0.1) is 23.7 Å². The molecule has 13 heteroatoms. The summed E-state index contributed by atoms with van der Waals surface area (Å²) >= 11 is 6.00. The van der Waals surface area contributed by atoms with E-state index in [0.717, 1.165) is 40.4 Å². The number of anilines is 1. The summed E-state index contributed by atoms with van der Waals surface area (Å²) in [6.45, 7) is 8.53. The van der Waals surface area contributed by atoms with E-state index in [1.807, 2.05) is 30.3 Å². The molecule has 0 aliphatic carbocycles. The van der Waals surface area contributed by atoms with E-state index in [1.165, 1.54) is 13.1 Å². The predicted molar refractivity (Wildman–Crippen MR) is 206 cm³/mol. The SMILES string of the molecule is CCCCCCCC(CCCCS(=O)(=O)C(C)C(Cl)C(N)=O)C(C(=O)Nc1ccccc1)(C(=O)C(C)(C)C)n1cc(O)n(Cc2ccccc2)c1=O. The fraction of sp³-hybridized carbons (Fsp3) is 0.538. The molecule has 2 aromatic carbocycles. The number of benzene rings is 2. The van der Waals surface area contributed by atoms with E-state index in [-0.39, 0.29) is 31.6 Å². The highest BCUT2D eigenvalue weighted by Gasteiger charge is 2.57. The second-order valence-electron chi connectivity index (χ2n) is 14.6. The second kappa shape index (κ2) is 18.7. The number of carbonyl (C=O) groups excluding carboxylic acids is 3. The van der Waals surface area contributed by atoms with Crippen LogP contribution in [0, 0.1) is 11.3 Å². The van der Waals surface area contributed by atoms with E-state index in [0.29, 0.717) is 18.5 Å². The van der Waals surface area contributed by atoms with E-state index < -0.39 is 66.5 Å². The van der Waals surface area contributed by atoms with Crippen molar-refractivity contribution in [3.05, 3.63) is 82.9 Å². The van der Waals surface area contributed by atoms with Gasteiger partial charge < -0.3 is 16.2 Å². The number of amides is 2. The predicted octanol–water partition coefficient (Wildman–Crippen LogP) is 6.40. The summed E-state index contributed by atoms with van der Waals surface area (Å²) in [5, 5.41) is 11.6. The summed E-state index contributed by atoms with van der Waals surface area (Å²) < 4.78 is 28.5. The van der Waals surface area contributed by atoms with Gasteiger partial charge in [0.15, 0.2) is 21.2 Å². The first-order valence-electron chi connectivity index (χ1n) is 18.1. The molecule has 4 unspecified atom stereocenters. The van der Waals surface area contributed by atoms with Crippen molar-refractivity contribution in [1.29, 1.82) is 0 Å². The Morgan fingerprint density at radius 2 is 1.46 bits per heavy atom. The monoisotopic (exact) mass is 758 g/mol. The van der Waals surface area contributed by atoms with Crippen molar-refractivity contribution in [2.45, 2.75) is 115 Å². The van der Waals surface area contributed by atoms with Crippen LogP contribution in [0.15, 0.2) is 71.7 Å². The molecule has 2 amide bonds. The Morgan fingerprint density at radius 1 is 0.904 bits per heavy atom. The smallest absolute Gasteiger partial charge is 0.332 e. The van der Waals surface area contributed by atoms with Crippen LogP contribution in [0.4, 0.5) is 5.69 Å². The summed E-state index contributed by atoms with van der Waals surface area (Å²) in [5.41, 5.74) is 2.44. The lowest BCUT2D eigenvalue weighted by Gasteiger charge is -2.42. The summed E-state index contributed by atoms with van der Waals surface area (Å²) in [6.07, 6.45) is 6.65. The number of hydrogen-bond acceptors (Lipinski definition) is 7. The third-order valence-corrected chi connectivity index (χ3v) is 12.7. The molecule has 1 aromatic heterocycles. The van der Waals surface area contributed by atoms with Crippen molar-refractivity contribution in [3.8, 4) is 5.88 Å². The van der Waals surface area contributed by atoms with Gasteiger partial charge >= 0.3 is 5.69 Å². The number of sulfone groups is 1. The molecule has 4 atom stereocenters. The molecule has 0 bridgehead atoms. The number of nitrogens with zero attached hydrogens (tertiary/aromatic N) is 2. The minimum Gasteiger partial charge on any atom is -0.493 e. The number of nitrogens with one attached hydrogen (secondary N) is 1. The molecule has 0 aliphatic heterocycles. The van der Waals surface area contributed by atoms with Crippen LogP contribution in [-0.4, -0.2) is 56.6 Å². The Balaban J connectivity index is 2.21. The molecule has 11 nitrogen and oxygen atoms in total. The number of para-hydroxylation sites is 1. The lowest BCUT2D eigenvalue weighted by molar-refractivity contribution is -0.148. The molecule has 0 fully saturated rings. The number of rotatable bonds is 21. The highest BCUT2D eigenvalue weighted by molar-refractivity contribution is 7.92. The average molecular weight is 759 g/mol. The van der Waals surface area contributed by atoms with Gasteiger partial charge in [-0.3, -0.25) is 23.5 Å². The number of alkyl halides is 1. The number of unbranched alkanes of at least 4 members (excludes halogenated alkanes) is 5. The third-order valence-electron chi connectivity index (χ3n) is 9.66. The molecule has 0 radical (unpaired) electrons. The summed E-state index contributed by atoms with van der Waals surface area (Å²) in [7, 11) is -3.82. The van der Waals surface area contributed by atoms with E-state index >= 15 is 9.59 Å². The number of carbonyl (C=O) groups is 3. The van der Waals surface area contributed by atoms with Crippen LogP contribution in [-0.2, 0) is 36.3 Å². The molecule has 1 heterocycles. The fourth-order valence-corrected chi connectivity index (χ4v) is 8.64. The zero-order chi connectivity index (χ0) is 38.7. The van der Waals surface area contributed by atoms with Crippen molar-refractivity contribution in [3.63, 3.8) is 0 Å². The zero-order valence-electron chi connectivity index (χ0n) is 31.0. The summed E-state index contributed by atoms with van der Waals surface area (Å²) in [5.74, 6) is -3.63. The van der Waals surface area contributed by atoms with Crippen molar-refractivity contribution < 1.29 is 27.9 Å². The molecule has 3 aromatic rings. The van der Waals surface area contributed by atoms with Gasteiger partial charge in [-0.15, -0.1) is 11.6 Å². The normalized spacial score (nSPS) is 15.0. The third kappa shape index (κ3) is 10.4. The molecule has 0 aliphatic rings. The number of halogens is 1. The van der Waals surface area contributed by atoms with Gasteiger partial charge in [-0.2, -0.15) is 0 Å². The molecular weight excluding hydrogens is 704 g/mol. The fourth-order valence-electron chi connectivity index (χ4n) is 6.69. The lowest BCUT2D eigenvalue weighted by atomic mass is 9.67. The van der Waals surface area contributed by atoms with Crippen LogP contribution >= 0.6 is 11.6 Å². The summed E-state index contributed by atoms with van der Waals surface area (Å²) in [4.78, 5) is 56.2. The van der Waals surface area contributed by atoms with Crippen LogP contribution < -0.4 is 16.7 Å². The van der Waals surface area contributed by atoms with Gasteiger partial charge in [0.1, 0.15) is 5.38 Å². The Labute approximate surface area is 312 Å². The number of ketones is 1. The molecule has 286 valence electrons. The standard InChI is InChI=1S/C39H55ClN4O7S/c1-6-7-8-9-14-21-30(22-17-18-25-52(50,51)28(2)33(40)34(41)46)39(35(47)38(3,4)5,36(48)42-31-23-15-11-16-24-31)44-27-32(45)43(37(44)49)26-29-19-12-10-13-20-29/h10-13,15-16,19-20,23-24,27-28,30,33,45H,6-9,14,17-18,21-22,25-26H2,1-5H3,(H2,41,46)(H,42,48). The molecular formula is C39H55ClN4O7S. The Kier molecular flexibility index (Phi) is 15.3. The number of nitrogens with two attached hydrogens (primary N) is 1. The number of imidazole rings is 1. The van der Waals surface area contributed by atoms with E-state index in [1.54, 1.807) is 51.1 Å². The van der Waals surface area contributed by atoms with Crippen LogP contribution in [0.2, 0.25) is 0 Å². The van der Waals surface area contributed by atoms with Gasteiger partial charge in [0.2, 0.25) is 11.8 Å². The van der Waals surface area contributed by atoms with E-state index in [2.05, 4.69) is 12.2 Å². The highest BCUT2D eigenvalue weighted by Crippen LogP contribution is 2.42. The van der Waals surface area contributed by atoms with Gasteiger partial charge in [0.25, 0.3) is 5.91 Å². The minimum absolute atomic E-state index is 0.00317. The Bertz CT molecular complexity index is 1800. The van der Waals surface area contributed by atoms with Crippen LogP contribution in [0.5, 0.6) is 5.88 Å². The van der Waals surface area contributed by atoms with Crippen molar-refractivity contribution in [2.75, 3.05) is 11.1 Å². The number of hydrogen-bond donors (Lipinski definition) is 3.